The average Bonchev–Trinajstić information content (AvgIpc) is 3.04. The molecular weight excluding hydrogens is 262 g/mol. The summed E-state index contributed by atoms with van der Waals surface area (Å²) in [5.74, 6) is 0.100. The number of ether oxygens (including phenoxy) is 1. The quantitative estimate of drug-likeness (QED) is 0.741. The van der Waals surface area contributed by atoms with Gasteiger partial charge in [-0.15, -0.1) is 5.10 Å². The van der Waals surface area contributed by atoms with Crippen molar-refractivity contribution in [3.8, 4) is 11.6 Å². The number of hydrogen-bond donors (Lipinski definition) is 2. The summed E-state index contributed by atoms with van der Waals surface area (Å²) < 4.78 is 6.62. The van der Waals surface area contributed by atoms with E-state index in [1.807, 2.05) is 6.07 Å². The largest absolute Gasteiger partial charge is 0.494 e. The number of aromatic nitrogens is 5. The van der Waals surface area contributed by atoms with Gasteiger partial charge in [0.1, 0.15) is 11.6 Å². The van der Waals surface area contributed by atoms with Crippen molar-refractivity contribution in [2.75, 3.05) is 7.11 Å². The smallest absolute Gasteiger partial charge is 0.375 e. The van der Waals surface area contributed by atoms with Gasteiger partial charge in [0, 0.05) is 11.6 Å². The van der Waals surface area contributed by atoms with E-state index in [-0.39, 0.29) is 5.82 Å². The first kappa shape index (κ1) is 12.2. The van der Waals surface area contributed by atoms with Crippen molar-refractivity contribution in [2.45, 2.75) is 6.92 Å². The van der Waals surface area contributed by atoms with Gasteiger partial charge in [-0.2, -0.15) is 4.68 Å². The molecule has 0 aliphatic heterocycles. The lowest BCUT2D eigenvalue weighted by atomic mass is 10.3. The van der Waals surface area contributed by atoms with Crippen LogP contribution < -0.4 is 4.74 Å². The zero-order valence-corrected chi connectivity index (χ0v) is 10.8. The summed E-state index contributed by atoms with van der Waals surface area (Å²) in [6.45, 7) is 1.67. The second-order valence-corrected chi connectivity index (χ2v) is 4.12. The SMILES string of the molecule is COc1cnc(-n2nc(C(=O)O)nc2C)c2[nH]ccc12. The third kappa shape index (κ3) is 1.69. The molecular formula is C12H11N5O3. The molecule has 0 radical (unpaired) electrons. The molecule has 0 fully saturated rings. The normalized spacial score (nSPS) is 10.9. The van der Waals surface area contributed by atoms with Crippen molar-refractivity contribution in [3.05, 3.63) is 30.1 Å². The van der Waals surface area contributed by atoms with Crippen molar-refractivity contribution in [1.82, 2.24) is 24.7 Å². The number of pyridine rings is 1. The second-order valence-electron chi connectivity index (χ2n) is 4.12. The van der Waals surface area contributed by atoms with E-state index in [0.29, 0.717) is 22.9 Å². The minimum Gasteiger partial charge on any atom is -0.494 e. The lowest BCUT2D eigenvalue weighted by Crippen LogP contribution is -2.05. The Bertz CT molecular complexity index is 805. The lowest BCUT2D eigenvalue weighted by molar-refractivity contribution is 0.0683. The van der Waals surface area contributed by atoms with E-state index in [9.17, 15) is 4.79 Å². The van der Waals surface area contributed by atoms with Crippen LogP contribution >= 0.6 is 0 Å². The Balaban J connectivity index is 2.25. The number of aromatic carboxylic acids is 1. The average molecular weight is 273 g/mol. The number of H-pyrrole nitrogens is 1. The number of aromatic amines is 1. The molecule has 0 bridgehead atoms. The zero-order chi connectivity index (χ0) is 14.3. The third-order valence-electron chi connectivity index (χ3n) is 2.92. The fourth-order valence-electron chi connectivity index (χ4n) is 2.02. The van der Waals surface area contributed by atoms with Gasteiger partial charge in [0.15, 0.2) is 5.82 Å². The predicted molar refractivity (Wildman–Crippen MR) is 69.3 cm³/mol. The van der Waals surface area contributed by atoms with Crippen LogP contribution in [0.25, 0.3) is 16.7 Å². The summed E-state index contributed by atoms with van der Waals surface area (Å²) in [6.07, 6.45) is 3.32. The Morgan fingerprint density at radius 3 is 2.95 bits per heavy atom. The summed E-state index contributed by atoms with van der Waals surface area (Å²) in [5.41, 5.74) is 0.703. The fourth-order valence-corrected chi connectivity index (χ4v) is 2.02. The monoisotopic (exact) mass is 273 g/mol. The van der Waals surface area contributed by atoms with Crippen molar-refractivity contribution in [1.29, 1.82) is 0 Å². The molecule has 0 aliphatic rings. The minimum absolute atomic E-state index is 0.264. The molecule has 3 rings (SSSR count). The maximum atomic E-state index is 10.9. The Morgan fingerprint density at radius 1 is 1.50 bits per heavy atom. The standard InChI is InChI=1S/C12H11N5O3/c1-6-15-10(12(18)19)16-17(6)11-9-7(3-4-13-9)8(20-2)5-14-11/h3-5,13H,1-2H3,(H,18,19). The molecule has 2 N–H and O–H groups in total. The number of carboxylic acids is 1. The minimum atomic E-state index is -1.18. The number of nitrogens with one attached hydrogen (secondary N) is 1. The number of nitrogens with zero attached hydrogens (tertiary/aromatic N) is 4. The van der Waals surface area contributed by atoms with Crippen LogP contribution in [0, 0.1) is 6.92 Å². The third-order valence-corrected chi connectivity index (χ3v) is 2.92. The van der Waals surface area contributed by atoms with Crippen LogP contribution in [-0.4, -0.2) is 42.9 Å². The second kappa shape index (κ2) is 4.34. The van der Waals surface area contributed by atoms with E-state index in [1.54, 1.807) is 26.4 Å². The molecule has 0 spiro atoms. The summed E-state index contributed by atoms with van der Waals surface area (Å²) in [5, 5.41) is 13.7. The van der Waals surface area contributed by atoms with Gasteiger partial charge in [-0.25, -0.2) is 14.8 Å². The van der Waals surface area contributed by atoms with Gasteiger partial charge in [-0.3, -0.25) is 0 Å². The number of carboxylic acid groups (broad SMARTS) is 1. The maximum Gasteiger partial charge on any atom is 0.375 e. The Labute approximate surface area is 113 Å². The van der Waals surface area contributed by atoms with Gasteiger partial charge < -0.3 is 14.8 Å². The summed E-state index contributed by atoms with van der Waals surface area (Å²) in [6, 6.07) is 1.85. The van der Waals surface area contributed by atoms with E-state index in [2.05, 4.69) is 20.1 Å². The first-order valence-electron chi connectivity index (χ1n) is 5.79. The Morgan fingerprint density at radius 2 is 2.30 bits per heavy atom. The maximum absolute atomic E-state index is 10.9. The molecule has 8 nitrogen and oxygen atoms in total. The van der Waals surface area contributed by atoms with E-state index in [0.717, 1.165) is 5.39 Å². The molecule has 0 saturated heterocycles. The number of aryl methyl sites for hydroxylation is 1. The van der Waals surface area contributed by atoms with Crippen molar-refractivity contribution >= 4 is 16.9 Å². The van der Waals surface area contributed by atoms with Gasteiger partial charge in [0.25, 0.3) is 5.82 Å². The van der Waals surface area contributed by atoms with Crippen molar-refractivity contribution in [2.24, 2.45) is 0 Å². The van der Waals surface area contributed by atoms with Crippen LogP contribution in [0.1, 0.15) is 16.4 Å². The van der Waals surface area contributed by atoms with E-state index < -0.39 is 5.97 Å². The number of carbonyl (C=O) groups is 1. The van der Waals surface area contributed by atoms with Gasteiger partial charge >= 0.3 is 5.97 Å². The highest BCUT2D eigenvalue weighted by Gasteiger charge is 2.17. The lowest BCUT2D eigenvalue weighted by Gasteiger charge is -2.06. The summed E-state index contributed by atoms with van der Waals surface area (Å²) in [7, 11) is 1.56. The highest BCUT2D eigenvalue weighted by atomic mass is 16.5. The van der Waals surface area contributed by atoms with Gasteiger partial charge in [0.2, 0.25) is 0 Å². The van der Waals surface area contributed by atoms with Crippen LogP contribution in [0.5, 0.6) is 5.75 Å². The first-order valence-corrected chi connectivity index (χ1v) is 5.79. The highest BCUT2D eigenvalue weighted by molar-refractivity contribution is 5.90. The molecule has 0 aliphatic carbocycles. The van der Waals surface area contributed by atoms with Crippen LogP contribution in [-0.2, 0) is 0 Å². The zero-order valence-electron chi connectivity index (χ0n) is 10.8. The van der Waals surface area contributed by atoms with E-state index >= 15 is 0 Å². The van der Waals surface area contributed by atoms with Gasteiger partial charge in [-0.05, 0) is 13.0 Å². The fraction of sp³-hybridized carbons (Fsp3) is 0.167. The molecule has 0 amide bonds. The van der Waals surface area contributed by atoms with E-state index in [1.165, 1.54) is 4.68 Å². The number of methoxy groups -OCH3 is 1. The molecule has 0 saturated carbocycles. The van der Waals surface area contributed by atoms with Crippen molar-refractivity contribution < 1.29 is 14.6 Å². The van der Waals surface area contributed by atoms with Crippen LogP contribution in [0.3, 0.4) is 0 Å². The number of rotatable bonds is 3. The van der Waals surface area contributed by atoms with Crippen LogP contribution in [0.4, 0.5) is 0 Å². The van der Waals surface area contributed by atoms with Crippen LogP contribution in [0.2, 0.25) is 0 Å². The molecule has 102 valence electrons. The predicted octanol–water partition coefficient (Wildman–Crippen LogP) is 1.16. The van der Waals surface area contributed by atoms with E-state index in [4.69, 9.17) is 9.84 Å². The molecule has 0 aromatic carbocycles. The van der Waals surface area contributed by atoms with Crippen molar-refractivity contribution in [3.63, 3.8) is 0 Å². The topological polar surface area (TPSA) is 106 Å². The molecule has 8 heteroatoms. The molecule has 20 heavy (non-hydrogen) atoms. The molecule has 3 heterocycles. The molecule has 3 aromatic rings. The van der Waals surface area contributed by atoms with Gasteiger partial charge in [0.05, 0.1) is 18.8 Å². The number of fused-ring (bicyclic) bond motifs is 1. The molecule has 0 unspecified atom stereocenters. The molecule has 3 aromatic heterocycles. The highest BCUT2D eigenvalue weighted by Crippen LogP contribution is 2.27. The Kier molecular flexibility index (Phi) is 2.63. The summed E-state index contributed by atoms with van der Waals surface area (Å²) in [4.78, 5) is 22.1. The Hall–Kier alpha value is -2.90. The summed E-state index contributed by atoms with van der Waals surface area (Å²) >= 11 is 0. The first-order chi connectivity index (χ1) is 9.61. The molecule has 0 atom stereocenters. The number of hydrogen-bond acceptors (Lipinski definition) is 5. The van der Waals surface area contributed by atoms with Gasteiger partial charge in [-0.1, -0.05) is 0 Å². The van der Waals surface area contributed by atoms with Crippen LogP contribution in [0.15, 0.2) is 18.5 Å².